The molecule has 0 aromatic rings. The van der Waals surface area contributed by atoms with Crippen molar-refractivity contribution in [2.45, 2.75) is 5.91 Å². The fraction of sp³-hybridized carbons (Fsp3) is 0.571. The van der Waals surface area contributed by atoms with Crippen LogP contribution in [0.15, 0.2) is 12.7 Å². The maximum atomic E-state index is 10.3. The van der Waals surface area contributed by atoms with Crippen molar-refractivity contribution in [1.29, 1.82) is 0 Å². The third-order valence-electron chi connectivity index (χ3n) is 1.19. The molecule has 0 saturated carbocycles. The van der Waals surface area contributed by atoms with E-state index in [0.717, 1.165) is 0 Å². The van der Waals surface area contributed by atoms with Crippen molar-refractivity contribution in [3.8, 4) is 0 Å². The van der Waals surface area contributed by atoms with Gasteiger partial charge in [-0.3, -0.25) is 10.1 Å². The Kier molecular flexibility index (Phi) is 4.69. The summed E-state index contributed by atoms with van der Waals surface area (Å²) in [6.45, 7) is 3.88. The Morgan fingerprint density at radius 3 is 2.45 bits per heavy atom. The first-order valence-corrected chi connectivity index (χ1v) is 3.10. The third kappa shape index (κ3) is 2.80. The van der Waals surface area contributed by atoms with Gasteiger partial charge in [0.15, 0.2) is 0 Å². The molecule has 0 bridgehead atoms. The highest BCUT2D eigenvalue weighted by molar-refractivity contribution is 5.60. The van der Waals surface area contributed by atoms with E-state index < -0.39 is 5.91 Å². The number of hydrogen-bond donors (Lipinski definition) is 1. The second-order valence-corrected chi connectivity index (χ2v) is 1.80. The second kappa shape index (κ2) is 5.01. The molecule has 0 spiro atoms. The summed E-state index contributed by atoms with van der Waals surface area (Å²) in [4.78, 5) is 10.3. The summed E-state index contributed by atoms with van der Waals surface area (Å²) in [6, 6.07) is 0. The van der Waals surface area contributed by atoms with Crippen LogP contribution in [-0.4, -0.2) is 33.0 Å². The molecule has 4 nitrogen and oxygen atoms in total. The molecule has 4 heteroatoms. The predicted octanol–water partition coefficient (Wildman–Crippen LogP) is -0.182. The van der Waals surface area contributed by atoms with Crippen molar-refractivity contribution < 1.29 is 14.3 Å². The second-order valence-electron chi connectivity index (χ2n) is 1.80. The van der Waals surface area contributed by atoms with Gasteiger partial charge in [0.25, 0.3) is 12.2 Å². The highest BCUT2D eigenvalue weighted by Crippen LogP contribution is 2.01. The highest BCUT2D eigenvalue weighted by Gasteiger charge is 2.28. The van der Waals surface area contributed by atoms with Crippen molar-refractivity contribution in [2.75, 3.05) is 20.8 Å². The Morgan fingerprint density at radius 1 is 1.64 bits per heavy atom. The zero-order valence-corrected chi connectivity index (χ0v) is 6.72. The maximum Gasteiger partial charge on any atom is 0.298 e. The minimum Gasteiger partial charge on any atom is -0.334 e. The van der Waals surface area contributed by atoms with Gasteiger partial charge in [-0.1, -0.05) is 6.08 Å². The van der Waals surface area contributed by atoms with Crippen LogP contribution in [0.1, 0.15) is 0 Å². The van der Waals surface area contributed by atoms with Crippen molar-refractivity contribution in [3.05, 3.63) is 12.7 Å². The van der Waals surface area contributed by atoms with Gasteiger partial charge in [0.1, 0.15) is 0 Å². The van der Waals surface area contributed by atoms with E-state index in [1.165, 1.54) is 14.2 Å². The SMILES string of the molecule is C=CCNC([C]=O)(OC)OC. The molecule has 1 radical (unpaired) electrons. The van der Waals surface area contributed by atoms with E-state index in [2.05, 4.69) is 11.9 Å². The Balaban J connectivity index is 4.04. The topological polar surface area (TPSA) is 47.6 Å². The molecule has 11 heavy (non-hydrogen) atoms. The largest absolute Gasteiger partial charge is 0.334 e. The van der Waals surface area contributed by atoms with Gasteiger partial charge in [-0.2, -0.15) is 0 Å². The molecular weight excluding hydrogens is 146 g/mol. The predicted molar refractivity (Wildman–Crippen MR) is 40.6 cm³/mol. The minimum absolute atomic E-state index is 0.414. The van der Waals surface area contributed by atoms with Crippen LogP contribution in [-0.2, 0) is 14.3 Å². The summed E-state index contributed by atoms with van der Waals surface area (Å²) >= 11 is 0. The lowest BCUT2D eigenvalue weighted by Crippen LogP contribution is -2.50. The van der Waals surface area contributed by atoms with Crippen LogP contribution in [0.5, 0.6) is 0 Å². The van der Waals surface area contributed by atoms with E-state index in [-0.39, 0.29) is 0 Å². The fourth-order valence-corrected chi connectivity index (χ4v) is 0.554. The summed E-state index contributed by atoms with van der Waals surface area (Å²) in [5, 5.41) is 2.65. The van der Waals surface area contributed by atoms with Crippen LogP contribution in [0.3, 0.4) is 0 Å². The summed E-state index contributed by atoms with van der Waals surface area (Å²) in [6.07, 6.45) is 3.18. The summed E-state index contributed by atoms with van der Waals surface area (Å²) in [5.41, 5.74) is 0. The summed E-state index contributed by atoms with van der Waals surface area (Å²) < 4.78 is 9.47. The summed E-state index contributed by atoms with van der Waals surface area (Å²) in [7, 11) is 2.70. The van der Waals surface area contributed by atoms with Crippen LogP contribution in [0.4, 0.5) is 0 Å². The van der Waals surface area contributed by atoms with E-state index in [0.29, 0.717) is 6.54 Å². The Hall–Kier alpha value is -0.710. The lowest BCUT2D eigenvalue weighted by molar-refractivity contribution is -0.173. The molecular formula is C7H12NO3. The van der Waals surface area contributed by atoms with Crippen molar-refractivity contribution >= 4 is 6.29 Å². The molecule has 0 fully saturated rings. The fourth-order valence-electron chi connectivity index (χ4n) is 0.554. The number of rotatable bonds is 6. The molecule has 0 aliphatic heterocycles. The van der Waals surface area contributed by atoms with E-state index in [4.69, 9.17) is 9.47 Å². The lowest BCUT2D eigenvalue weighted by atomic mass is 10.5. The van der Waals surface area contributed by atoms with Crippen LogP contribution in [0.25, 0.3) is 0 Å². The van der Waals surface area contributed by atoms with Crippen molar-refractivity contribution in [2.24, 2.45) is 0 Å². The smallest absolute Gasteiger partial charge is 0.298 e. The van der Waals surface area contributed by atoms with E-state index in [9.17, 15) is 4.79 Å². The van der Waals surface area contributed by atoms with Gasteiger partial charge >= 0.3 is 0 Å². The maximum absolute atomic E-state index is 10.3. The molecule has 0 aromatic heterocycles. The molecule has 0 unspecified atom stereocenters. The van der Waals surface area contributed by atoms with Crippen molar-refractivity contribution in [1.82, 2.24) is 5.32 Å². The quantitative estimate of drug-likeness (QED) is 0.430. The molecule has 63 valence electrons. The van der Waals surface area contributed by atoms with Gasteiger partial charge in [0.05, 0.1) is 0 Å². The Labute approximate surface area is 66.2 Å². The van der Waals surface area contributed by atoms with Crippen LogP contribution in [0.2, 0.25) is 0 Å². The lowest BCUT2D eigenvalue weighted by Gasteiger charge is -2.23. The Morgan fingerprint density at radius 2 is 2.18 bits per heavy atom. The number of carbonyl (C=O) groups excluding carboxylic acids is 1. The van der Waals surface area contributed by atoms with Crippen LogP contribution in [0, 0.1) is 0 Å². The van der Waals surface area contributed by atoms with Gasteiger partial charge in [0.2, 0.25) is 0 Å². The molecule has 0 atom stereocenters. The van der Waals surface area contributed by atoms with Gasteiger partial charge in [-0.15, -0.1) is 6.58 Å². The van der Waals surface area contributed by atoms with Crippen LogP contribution < -0.4 is 5.32 Å². The van der Waals surface area contributed by atoms with Gasteiger partial charge in [0, 0.05) is 20.8 Å². The first-order chi connectivity index (χ1) is 5.24. The minimum atomic E-state index is -1.45. The molecule has 0 saturated heterocycles. The first-order valence-electron chi connectivity index (χ1n) is 3.10. The zero-order valence-electron chi connectivity index (χ0n) is 6.72. The molecule has 0 aliphatic rings. The average Bonchev–Trinajstić information content (AvgIpc) is 2.08. The third-order valence-corrected chi connectivity index (χ3v) is 1.19. The average molecular weight is 158 g/mol. The van der Waals surface area contributed by atoms with E-state index in [1.54, 1.807) is 12.4 Å². The first kappa shape index (κ1) is 10.3. The number of ether oxygens (including phenoxy) is 2. The standard InChI is InChI=1S/C7H12NO3/c1-4-5-8-7(6-9,10-2)11-3/h4,8H,1,5H2,2-3H3. The van der Waals surface area contributed by atoms with Gasteiger partial charge in [-0.25, -0.2) is 0 Å². The van der Waals surface area contributed by atoms with Gasteiger partial charge < -0.3 is 9.47 Å². The van der Waals surface area contributed by atoms with Crippen LogP contribution >= 0.6 is 0 Å². The Bertz CT molecular complexity index is 132. The normalized spacial score (nSPS) is 11.1. The molecule has 1 N–H and O–H groups in total. The van der Waals surface area contributed by atoms with Gasteiger partial charge in [-0.05, 0) is 0 Å². The molecule has 0 amide bonds. The monoisotopic (exact) mass is 158 g/mol. The van der Waals surface area contributed by atoms with E-state index >= 15 is 0 Å². The molecule has 0 rings (SSSR count). The molecule has 0 heterocycles. The summed E-state index contributed by atoms with van der Waals surface area (Å²) in [5.74, 6) is -1.45. The number of methoxy groups -OCH3 is 2. The number of hydrogen-bond acceptors (Lipinski definition) is 4. The van der Waals surface area contributed by atoms with E-state index in [1.807, 2.05) is 0 Å². The molecule has 0 aliphatic carbocycles. The molecule has 0 aromatic carbocycles. The number of nitrogens with one attached hydrogen (secondary N) is 1. The van der Waals surface area contributed by atoms with Crippen molar-refractivity contribution in [3.63, 3.8) is 0 Å². The highest BCUT2D eigenvalue weighted by atomic mass is 16.7. The zero-order chi connectivity index (χ0) is 8.74.